The molecule has 0 radical (unpaired) electrons. The van der Waals surface area contributed by atoms with Crippen molar-refractivity contribution in [3.63, 3.8) is 0 Å². The van der Waals surface area contributed by atoms with Crippen molar-refractivity contribution in [2.75, 3.05) is 6.61 Å². The Morgan fingerprint density at radius 3 is 3.05 bits per heavy atom. The van der Waals surface area contributed by atoms with Crippen LogP contribution in [0.15, 0.2) is 29.0 Å². The van der Waals surface area contributed by atoms with Crippen LogP contribution in [0, 0.1) is 5.92 Å². The average molecular weight is 273 g/mol. The van der Waals surface area contributed by atoms with Crippen molar-refractivity contribution in [3.8, 4) is 0 Å². The van der Waals surface area contributed by atoms with Crippen LogP contribution in [0.1, 0.15) is 31.4 Å². The summed E-state index contributed by atoms with van der Waals surface area (Å²) < 4.78 is 2.11. The van der Waals surface area contributed by atoms with Gasteiger partial charge in [0.05, 0.1) is 11.3 Å². The smallest absolute Gasteiger partial charge is 0.273 e. The molecule has 1 aromatic heterocycles. The Hall–Kier alpha value is -1.88. The Kier molecular flexibility index (Phi) is 3.69. The van der Waals surface area contributed by atoms with E-state index in [1.807, 2.05) is 24.4 Å². The van der Waals surface area contributed by atoms with E-state index in [1.165, 1.54) is 0 Å². The second kappa shape index (κ2) is 5.63. The van der Waals surface area contributed by atoms with E-state index in [1.54, 1.807) is 0 Å². The van der Waals surface area contributed by atoms with E-state index in [2.05, 4.69) is 15.1 Å². The molecule has 0 spiro atoms. The lowest BCUT2D eigenvalue weighted by Crippen LogP contribution is -2.14. The Morgan fingerprint density at radius 1 is 1.45 bits per heavy atom. The maximum Gasteiger partial charge on any atom is 0.273 e. The summed E-state index contributed by atoms with van der Waals surface area (Å²) >= 11 is 0. The number of hydrazone groups is 1. The van der Waals surface area contributed by atoms with Gasteiger partial charge in [-0.05, 0) is 43.9 Å². The third-order valence-electron chi connectivity index (χ3n) is 3.73. The molecule has 2 aliphatic rings. The minimum atomic E-state index is -0.102. The predicted octanol–water partition coefficient (Wildman–Crippen LogP) is 1.54. The van der Waals surface area contributed by atoms with Crippen molar-refractivity contribution >= 4 is 17.7 Å². The highest BCUT2D eigenvalue weighted by Crippen LogP contribution is 2.35. The Morgan fingerprint density at radius 2 is 2.30 bits per heavy atom. The van der Waals surface area contributed by atoms with Crippen LogP contribution in [0.25, 0.3) is 6.08 Å². The number of amides is 1. The lowest BCUT2D eigenvalue weighted by Gasteiger charge is -2.06. The number of aromatic nitrogens is 1. The quantitative estimate of drug-likeness (QED) is 0.610. The van der Waals surface area contributed by atoms with Crippen LogP contribution in [0.5, 0.6) is 0 Å². The van der Waals surface area contributed by atoms with E-state index in [0.29, 0.717) is 11.5 Å². The molecule has 20 heavy (non-hydrogen) atoms. The lowest BCUT2D eigenvalue weighted by atomic mass is 10.1. The maximum absolute atomic E-state index is 11.9. The Balaban J connectivity index is 1.79. The van der Waals surface area contributed by atoms with E-state index in [0.717, 1.165) is 43.6 Å². The number of rotatable bonds is 6. The second-order valence-corrected chi connectivity index (χ2v) is 5.33. The molecule has 0 aromatic carbocycles. The fourth-order valence-corrected chi connectivity index (χ4v) is 2.46. The highest BCUT2D eigenvalue weighted by molar-refractivity contribution is 6.28. The van der Waals surface area contributed by atoms with Gasteiger partial charge in [-0.25, -0.2) is 5.43 Å². The van der Waals surface area contributed by atoms with Gasteiger partial charge in [0.1, 0.15) is 0 Å². The van der Waals surface area contributed by atoms with Crippen molar-refractivity contribution in [2.45, 2.75) is 32.2 Å². The third-order valence-corrected chi connectivity index (χ3v) is 3.73. The zero-order valence-electron chi connectivity index (χ0n) is 11.4. The van der Waals surface area contributed by atoms with Gasteiger partial charge in [-0.1, -0.05) is 0 Å². The monoisotopic (exact) mass is 273 g/mol. The molecule has 0 atom stereocenters. The molecule has 5 heteroatoms. The molecule has 2 N–H and O–H groups in total. The highest BCUT2D eigenvalue weighted by atomic mass is 16.2. The van der Waals surface area contributed by atoms with Gasteiger partial charge in [0.15, 0.2) is 0 Å². The molecule has 2 heterocycles. The number of aliphatic hydroxyl groups excluding tert-OH is 1. The number of hydrogen-bond acceptors (Lipinski definition) is 3. The summed E-state index contributed by atoms with van der Waals surface area (Å²) in [5.41, 5.74) is 5.20. The fourth-order valence-electron chi connectivity index (χ4n) is 2.46. The summed E-state index contributed by atoms with van der Waals surface area (Å²) in [5.74, 6) is 0.355. The summed E-state index contributed by atoms with van der Waals surface area (Å²) in [6.45, 7) is 1.07. The predicted molar refractivity (Wildman–Crippen MR) is 77.0 cm³/mol. The molecular weight excluding hydrogens is 254 g/mol. The maximum atomic E-state index is 11.9. The normalized spacial score (nSPS) is 20.4. The van der Waals surface area contributed by atoms with Crippen LogP contribution in [0.2, 0.25) is 0 Å². The molecule has 1 aliphatic heterocycles. The highest BCUT2D eigenvalue weighted by Gasteiger charge is 2.35. The van der Waals surface area contributed by atoms with Crippen LogP contribution in [0.3, 0.4) is 0 Å². The molecule has 0 bridgehead atoms. The SMILES string of the molecule is O=C1NN=C(C2CC2)/C1=C/c1cccn1CCCCO. The summed E-state index contributed by atoms with van der Waals surface area (Å²) in [6.07, 6.45) is 7.91. The zero-order valence-corrected chi connectivity index (χ0v) is 11.4. The van der Waals surface area contributed by atoms with Gasteiger partial charge in [-0.15, -0.1) is 0 Å². The van der Waals surface area contributed by atoms with Crippen LogP contribution in [-0.4, -0.2) is 27.9 Å². The van der Waals surface area contributed by atoms with Crippen molar-refractivity contribution < 1.29 is 9.90 Å². The Labute approximate surface area is 118 Å². The van der Waals surface area contributed by atoms with Crippen molar-refractivity contribution in [1.82, 2.24) is 9.99 Å². The number of carbonyl (C=O) groups excluding carboxylic acids is 1. The van der Waals surface area contributed by atoms with Crippen LogP contribution in [-0.2, 0) is 11.3 Å². The van der Waals surface area contributed by atoms with Crippen molar-refractivity contribution in [1.29, 1.82) is 0 Å². The van der Waals surface area contributed by atoms with E-state index in [9.17, 15) is 4.79 Å². The number of carbonyl (C=O) groups is 1. The van der Waals surface area contributed by atoms with Gasteiger partial charge in [0.2, 0.25) is 0 Å². The molecule has 1 amide bonds. The van der Waals surface area contributed by atoms with E-state index in [-0.39, 0.29) is 12.5 Å². The summed E-state index contributed by atoms with van der Waals surface area (Å²) in [7, 11) is 0. The molecule has 0 unspecified atom stereocenters. The molecule has 1 aromatic rings. The van der Waals surface area contributed by atoms with Crippen molar-refractivity contribution in [2.24, 2.45) is 11.0 Å². The molecule has 1 saturated carbocycles. The lowest BCUT2D eigenvalue weighted by molar-refractivity contribution is -0.116. The number of aryl methyl sites for hydroxylation is 1. The second-order valence-electron chi connectivity index (χ2n) is 5.33. The van der Waals surface area contributed by atoms with Gasteiger partial charge >= 0.3 is 0 Å². The fraction of sp³-hybridized carbons (Fsp3) is 0.467. The molecule has 3 rings (SSSR count). The van der Waals surface area contributed by atoms with Gasteiger partial charge in [0, 0.05) is 31.0 Å². The first kappa shape index (κ1) is 13.1. The van der Waals surface area contributed by atoms with Gasteiger partial charge in [-0.2, -0.15) is 5.10 Å². The molecule has 106 valence electrons. The third kappa shape index (κ3) is 2.67. The van der Waals surface area contributed by atoms with Gasteiger partial charge in [-0.3, -0.25) is 4.79 Å². The molecule has 1 fully saturated rings. The molecule has 5 nitrogen and oxygen atoms in total. The zero-order chi connectivity index (χ0) is 13.9. The largest absolute Gasteiger partial charge is 0.396 e. The average Bonchev–Trinajstić information content (AvgIpc) is 3.09. The first-order chi connectivity index (χ1) is 9.79. The molecule has 0 saturated heterocycles. The molecular formula is C15H19N3O2. The molecule has 1 aliphatic carbocycles. The topological polar surface area (TPSA) is 66.6 Å². The van der Waals surface area contributed by atoms with Gasteiger partial charge in [0.25, 0.3) is 5.91 Å². The van der Waals surface area contributed by atoms with Crippen LogP contribution >= 0.6 is 0 Å². The Bertz CT molecular complexity index is 567. The van der Waals surface area contributed by atoms with Crippen LogP contribution in [0.4, 0.5) is 0 Å². The number of aliphatic hydroxyl groups is 1. The van der Waals surface area contributed by atoms with Crippen molar-refractivity contribution in [3.05, 3.63) is 29.6 Å². The minimum absolute atomic E-state index is 0.102. The number of hydrogen-bond donors (Lipinski definition) is 2. The van der Waals surface area contributed by atoms with E-state index in [4.69, 9.17) is 5.11 Å². The van der Waals surface area contributed by atoms with Crippen LogP contribution < -0.4 is 5.43 Å². The number of unbranched alkanes of at least 4 members (excludes halogenated alkanes) is 1. The number of nitrogens with zero attached hydrogens (tertiary/aromatic N) is 2. The van der Waals surface area contributed by atoms with E-state index < -0.39 is 0 Å². The first-order valence-electron chi connectivity index (χ1n) is 7.15. The summed E-state index contributed by atoms with van der Waals surface area (Å²) in [6, 6.07) is 3.98. The minimum Gasteiger partial charge on any atom is -0.396 e. The first-order valence-corrected chi connectivity index (χ1v) is 7.15. The number of nitrogens with one attached hydrogen (secondary N) is 1. The van der Waals surface area contributed by atoms with Gasteiger partial charge < -0.3 is 9.67 Å². The van der Waals surface area contributed by atoms with E-state index >= 15 is 0 Å². The standard InChI is InChI=1S/C15H19N3O2/c19-9-2-1-7-18-8-3-4-12(18)10-13-14(11-5-6-11)16-17-15(13)20/h3-4,8,10-11,19H,1-2,5-7,9H2,(H,17,20)/b13-10-. The summed E-state index contributed by atoms with van der Waals surface area (Å²) in [4.78, 5) is 11.9. The summed E-state index contributed by atoms with van der Waals surface area (Å²) in [5, 5.41) is 13.0.